The van der Waals surface area contributed by atoms with Crippen LogP contribution in [-0.4, -0.2) is 26.9 Å². The van der Waals surface area contributed by atoms with Gasteiger partial charge in [-0.15, -0.1) is 10.2 Å². The standard InChI is InChI=1S/C12H13N5O2S2/c1-2-5-13-11-15-16-12(21-11)20-7-9-14-10(17-19-9)8-4-3-6-18-8/h3-4,6H,2,5,7H2,1H3,(H,13,15). The average molecular weight is 323 g/mol. The number of aromatic nitrogens is 4. The van der Waals surface area contributed by atoms with Crippen LogP contribution in [0.3, 0.4) is 0 Å². The molecule has 0 aliphatic carbocycles. The number of thioether (sulfide) groups is 1. The Kier molecular flexibility index (Phi) is 4.51. The summed E-state index contributed by atoms with van der Waals surface area (Å²) in [5.74, 6) is 2.13. The van der Waals surface area contributed by atoms with Gasteiger partial charge in [0.15, 0.2) is 10.1 Å². The summed E-state index contributed by atoms with van der Waals surface area (Å²) in [7, 11) is 0. The van der Waals surface area contributed by atoms with E-state index in [1.807, 2.05) is 0 Å². The Morgan fingerprint density at radius 1 is 1.38 bits per heavy atom. The average Bonchev–Trinajstić information content (AvgIpc) is 3.22. The number of anilines is 1. The summed E-state index contributed by atoms with van der Waals surface area (Å²) in [5, 5.41) is 16.1. The molecule has 7 nitrogen and oxygen atoms in total. The van der Waals surface area contributed by atoms with Crippen LogP contribution in [0.5, 0.6) is 0 Å². The number of hydrogen-bond acceptors (Lipinski definition) is 9. The van der Waals surface area contributed by atoms with Crippen LogP contribution >= 0.6 is 23.1 Å². The molecule has 9 heteroatoms. The Morgan fingerprint density at radius 3 is 3.14 bits per heavy atom. The van der Waals surface area contributed by atoms with Crippen molar-refractivity contribution in [2.24, 2.45) is 0 Å². The van der Waals surface area contributed by atoms with Crippen molar-refractivity contribution in [1.29, 1.82) is 0 Å². The van der Waals surface area contributed by atoms with Crippen LogP contribution in [0.25, 0.3) is 11.6 Å². The van der Waals surface area contributed by atoms with E-state index in [9.17, 15) is 0 Å². The molecule has 0 amide bonds. The van der Waals surface area contributed by atoms with Crippen LogP contribution in [0.4, 0.5) is 5.13 Å². The van der Waals surface area contributed by atoms with Crippen molar-refractivity contribution in [2.45, 2.75) is 23.4 Å². The summed E-state index contributed by atoms with van der Waals surface area (Å²) in [6, 6.07) is 3.57. The number of hydrogen-bond donors (Lipinski definition) is 1. The maximum atomic E-state index is 5.22. The third-order valence-electron chi connectivity index (χ3n) is 2.46. The normalized spacial score (nSPS) is 10.9. The molecule has 0 aromatic carbocycles. The topological polar surface area (TPSA) is 89.9 Å². The van der Waals surface area contributed by atoms with Gasteiger partial charge in [-0.2, -0.15) is 4.98 Å². The highest BCUT2D eigenvalue weighted by atomic mass is 32.2. The largest absolute Gasteiger partial charge is 0.461 e. The van der Waals surface area contributed by atoms with Crippen LogP contribution < -0.4 is 5.32 Å². The summed E-state index contributed by atoms with van der Waals surface area (Å²) < 4.78 is 11.3. The van der Waals surface area contributed by atoms with Crippen LogP contribution in [-0.2, 0) is 5.75 Å². The van der Waals surface area contributed by atoms with Gasteiger partial charge in [-0.05, 0) is 18.6 Å². The molecule has 0 radical (unpaired) electrons. The van der Waals surface area contributed by atoms with Gasteiger partial charge in [0, 0.05) is 6.54 Å². The molecule has 3 rings (SSSR count). The Morgan fingerprint density at radius 2 is 2.33 bits per heavy atom. The molecular formula is C12H13N5O2S2. The monoisotopic (exact) mass is 323 g/mol. The van der Waals surface area contributed by atoms with E-state index >= 15 is 0 Å². The molecule has 1 N–H and O–H groups in total. The minimum Gasteiger partial charge on any atom is -0.461 e. The van der Waals surface area contributed by atoms with Gasteiger partial charge >= 0.3 is 0 Å². The van der Waals surface area contributed by atoms with E-state index in [0.717, 1.165) is 22.4 Å². The fourth-order valence-corrected chi connectivity index (χ4v) is 3.13. The van der Waals surface area contributed by atoms with Crippen LogP contribution in [0.2, 0.25) is 0 Å². The van der Waals surface area contributed by atoms with Gasteiger partial charge in [-0.25, -0.2) is 0 Å². The van der Waals surface area contributed by atoms with Crippen molar-refractivity contribution in [3.63, 3.8) is 0 Å². The second kappa shape index (κ2) is 6.72. The maximum absolute atomic E-state index is 5.22. The summed E-state index contributed by atoms with van der Waals surface area (Å²) in [6.07, 6.45) is 2.63. The van der Waals surface area contributed by atoms with Gasteiger partial charge in [0.25, 0.3) is 0 Å². The summed E-state index contributed by atoms with van der Waals surface area (Å²) in [4.78, 5) is 4.27. The molecule has 0 saturated carbocycles. The first kappa shape index (κ1) is 14.1. The zero-order valence-electron chi connectivity index (χ0n) is 11.3. The van der Waals surface area contributed by atoms with Gasteiger partial charge in [-0.1, -0.05) is 35.2 Å². The Labute approximate surface area is 129 Å². The van der Waals surface area contributed by atoms with Crippen molar-refractivity contribution < 1.29 is 8.94 Å². The van der Waals surface area contributed by atoms with Gasteiger partial charge in [-0.3, -0.25) is 0 Å². The maximum Gasteiger partial charge on any atom is 0.238 e. The first-order valence-corrected chi connectivity index (χ1v) is 8.22. The molecule has 0 aliphatic heterocycles. The van der Waals surface area contributed by atoms with Crippen LogP contribution in [0.15, 0.2) is 31.7 Å². The summed E-state index contributed by atoms with van der Waals surface area (Å²) >= 11 is 3.03. The van der Waals surface area contributed by atoms with Gasteiger partial charge in [0.1, 0.15) is 0 Å². The van der Waals surface area contributed by atoms with E-state index < -0.39 is 0 Å². The first-order valence-electron chi connectivity index (χ1n) is 6.42. The lowest BCUT2D eigenvalue weighted by molar-refractivity contribution is 0.390. The van der Waals surface area contributed by atoms with Crippen molar-refractivity contribution >= 4 is 28.2 Å². The van der Waals surface area contributed by atoms with E-state index in [0.29, 0.717) is 23.2 Å². The van der Waals surface area contributed by atoms with Gasteiger partial charge in [0.05, 0.1) is 12.0 Å². The highest BCUT2D eigenvalue weighted by Gasteiger charge is 2.12. The van der Waals surface area contributed by atoms with Crippen molar-refractivity contribution in [3.05, 3.63) is 24.3 Å². The van der Waals surface area contributed by atoms with Crippen molar-refractivity contribution in [2.75, 3.05) is 11.9 Å². The quantitative estimate of drug-likeness (QED) is 0.662. The number of furan rings is 1. The Balaban J connectivity index is 1.56. The smallest absolute Gasteiger partial charge is 0.238 e. The molecule has 0 saturated heterocycles. The molecule has 0 spiro atoms. The number of rotatable bonds is 7. The Hall–Kier alpha value is -1.87. The van der Waals surface area contributed by atoms with E-state index in [2.05, 4.69) is 32.6 Å². The molecule has 21 heavy (non-hydrogen) atoms. The van der Waals surface area contributed by atoms with E-state index in [4.69, 9.17) is 8.94 Å². The minimum atomic E-state index is 0.457. The van der Waals surface area contributed by atoms with E-state index in [-0.39, 0.29) is 0 Å². The van der Waals surface area contributed by atoms with E-state index in [1.165, 1.54) is 23.1 Å². The summed E-state index contributed by atoms with van der Waals surface area (Å²) in [5.41, 5.74) is 0. The molecule has 3 aromatic rings. The number of nitrogens with zero attached hydrogens (tertiary/aromatic N) is 4. The van der Waals surface area contributed by atoms with Crippen LogP contribution in [0.1, 0.15) is 19.2 Å². The predicted octanol–water partition coefficient (Wildman–Crippen LogP) is 3.30. The third kappa shape index (κ3) is 3.61. The van der Waals surface area contributed by atoms with Crippen molar-refractivity contribution in [3.8, 4) is 11.6 Å². The summed E-state index contributed by atoms with van der Waals surface area (Å²) in [6.45, 7) is 3.01. The van der Waals surface area contributed by atoms with Crippen LogP contribution in [0, 0.1) is 0 Å². The minimum absolute atomic E-state index is 0.457. The fourth-order valence-electron chi connectivity index (χ4n) is 1.51. The predicted molar refractivity (Wildman–Crippen MR) is 80.3 cm³/mol. The molecule has 0 aliphatic rings. The molecule has 3 heterocycles. The molecule has 110 valence electrons. The molecule has 0 unspecified atom stereocenters. The molecule has 3 aromatic heterocycles. The zero-order chi connectivity index (χ0) is 14.5. The lowest BCUT2D eigenvalue weighted by atomic mass is 10.4. The second-order valence-electron chi connectivity index (χ2n) is 4.08. The SMILES string of the molecule is CCCNc1nnc(SCc2nc(-c3ccco3)no2)s1. The molecule has 0 fully saturated rings. The molecular weight excluding hydrogens is 310 g/mol. The van der Waals surface area contributed by atoms with E-state index in [1.54, 1.807) is 18.4 Å². The highest BCUT2D eigenvalue weighted by Crippen LogP contribution is 2.28. The molecule has 0 bridgehead atoms. The zero-order valence-corrected chi connectivity index (χ0v) is 12.9. The van der Waals surface area contributed by atoms with Gasteiger partial charge < -0.3 is 14.3 Å². The lowest BCUT2D eigenvalue weighted by Crippen LogP contribution is -1.98. The fraction of sp³-hybridized carbons (Fsp3) is 0.333. The highest BCUT2D eigenvalue weighted by molar-refractivity contribution is 8.00. The Bertz CT molecular complexity index is 679. The van der Waals surface area contributed by atoms with Gasteiger partial charge in [0.2, 0.25) is 16.8 Å². The van der Waals surface area contributed by atoms with Crippen molar-refractivity contribution in [1.82, 2.24) is 20.3 Å². The first-order chi connectivity index (χ1) is 10.3. The number of nitrogens with one attached hydrogen (secondary N) is 1. The third-order valence-corrected chi connectivity index (χ3v) is 4.46. The lowest BCUT2D eigenvalue weighted by Gasteiger charge is -1.95. The molecule has 0 atom stereocenters. The second-order valence-corrected chi connectivity index (χ2v) is 6.28.